The maximum Gasteiger partial charge on any atom is 0 e. The summed E-state index contributed by atoms with van der Waals surface area (Å²) >= 11 is 0. The van der Waals surface area contributed by atoms with E-state index in [4.69, 9.17) is 0 Å². The van der Waals surface area contributed by atoms with Crippen LogP contribution >= 0.6 is 0 Å². The van der Waals surface area contributed by atoms with Gasteiger partial charge in [0.2, 0.25) is 0 Å². The zero-order valence-corrected chi connectivity index (χ0v) is 12.4. The van der Waals surface area contributed by atoms with Gasteiger partial charge in [-0.15, -0.1) is 0 Å². The summed E-state index contributed by atoms with van der Waals surface area (Å²) in [6, 6.07) is 0. The van der Waals surface area contributed by atoms with Crippen LogP contribution in [0.25, 0.3) is 0 Å². The minimum Gasteiger partial charge on any atom is 0 e. The SMILES string of the molecule is [Ir].[Ir].[Ir].[La]. The largest absolute Gasteiger partial charge is 0 e. The van der Waals surface area contributed by atoms with Crippen LogP contribution in [-0.2, 0) is 60.3 Å². The molecule has 0 atom stereocenters. The van der Waals surface area contributed by atoms with Crippen molar-refractivity contribution in [2.45, 2.75) is 0 Å². The molecule has 4 heavy (non-hydrogen) atoms. The first-order valence-corrected chi connectivity index (χ1v) is 0. The summed E-state index contributed by atoms with van der Waals surface area (Å²) in [5.74, 6) is 0. The van der Waals surface area contributed by atoms with Gasteiger partial charge in [0.1, 0.15) is 0 Å². The van der Waals surface area contributed by atoms with Gasteiger partial charge < -0.3 is 0 Å². The number of hydrogen-bond acceptors (Lipinski definition) is 0. The predicted molar refractivity (Wildman–Crippen MR) is 0 cm³/mol. The van der Waals surface area contributed by atoms with E-state index in [0.717, 1.165) is 0 Å². The van der Waals surface area contributed by atoms with Crippen LogP contribution in [-0.4, -0.2) is 0 Å². The van der Waals surface area contributed by atoms with Crippen molar-refractivity contribution in [2.75, 3.05) is 0 Å². The van der Waals surface area contributed by atoms with Crippen molar-refractivity contribution < 1.29 is 95.9 Å². The first-order chi connectivity index (χ1) is 0. The number of hydrogen-bond donors (Lipinski definition) is 0. The van der Waals surface area contributed by atoms with E-state index in [0.29, 0.717) is 0 Å². The Hall–Kier alpha value is 3.14. The molecule has 0 aliphatic carbocycles. The van der Waals surface area contributed by atoms with E-state index >= 15 is 0 Å². The minimum absolute atomic E-state index is 0. The smallest absolute Gasteiger partial charge is 0 e. The minimum atomic E-state index is 0. The molecule has 0 unspecified atom stereocenters. The molecule has 4 radical (unpaired) electrons. The average Bonchev–Trinajstić information content (AvgIpc) is 0. The Bertz CT molecular complexity index is 3.25. The fourth-order valence-electron chi connectivity index (χ4n) is 0. The fourth-order valence-corrected chi connectivity index (χ4v) is 0. The molecule has 0 nitrogen and oxygen atoms in total. The van der Waals surface area contributed by atoms with Gasteiger partial charge in [-0.1, -0.05) is 0 Å². The summed E-state index contributed by atoms with van der Waals surface area (Å²) in [6.07, 6.45) is 0. The van der Waals surface area contributed by atoms with Gasteiger partial charge >= 0.3 is 0 Å². The molecule has 0 saturated heterocycles. The van der Waals surface area contributed by atoms with Crippen LogP contribution in [0.4, 0.5) is 0 Å². The van der Waals surface area contributed by atoms with Crippen LogP contribution < -0.4 is 0 Å². The first kappa shape index (κ1) is 27.3. The third kappa shape index (κ3) is 8.94. The molecule has 0 bridgehead atoms. The van der Waals surface area contributed by atoms with Crippen LogP contribution in [0, 0.1) is 35.6 Å². The molecular formula is Ir3La. The van der Waals surface area contributed by atoms with Crippen molar-refractivity contribution in [1.82, 2.24) is 0 Å². The Kier molecular flexibility index (Phi) is 112. The Morgan fingerprint density at radius 2 is 0.500 bits per heavy atom. The van der Waals surface area contributed by atoms with E-state index in [9.17, 15) is 0 Å². The summed E-state index contributed by atoms with van der Waals surface area (Å²) in [4.78, 5) is 0. The number of rotatable bonds is 0. The van der Waals surface area contributed by atoms with Crippen LogP contribution in [0.2, 0.25) is 0 Å². The molecule has 0 spiro atoms. The van der Waals surface area contributed by atoms with E-state index < -0.39 is 0 Å². The monoisotopic (exact) mass is 718 g/mol. The summed E-state index contributed by atoms with van der Waals surface area (Å²) in [5.41, 5.74) is 0. The Balaban J connectivity index is 0. The first-order valence-electron chi connectivity index (χ1n) is 0. The van der Waals surface area contributed by atoms with Crippen LogP contribution in [0.5, 0.6) is 0 Å². The van der Waals surface area contributed by atoms with Crippen LogP contribution in [0.1, 0.15) is 0 Å². The van der Waals surface area contributed by atoms with Gasteiger partial charge in [-0.05, 0) is 0 Å². The maximum atomic E-state index is 0. The molecule has 30 valence electrons. The standard InChI is InChI=1S/3Ir.La. The van der Waals surface area contributed by atoms with E-state index in [-0.39, 0.29) is 95.9 Å². The van der Waals surface area contributed by atoms with Gasteiger partial charge in [-0.3, -0.25) is 0 Å². The van der Waals surface area contributed by atoms with Gasteiger partial charge in [0.15, 0.2) is 0 Å². The molecule has 0 heterocycles. The summed E-state index contributed by atoms with van der Waals surface area (Å²) < 4.78 is 0. The quantitative estimate of drug-likeness (QED) is 0.332. The predicted octanol–water partition coefficient (Wildman–Crippen LogP) is -0.00750. The van der Waals surface area contributed by atoms with Crippen molar-refractivity contribution in [2.24, 2.45) is 0 Å². The van der Waals surface area contributed by atoms with Crippen molar-refractivity contribution in [3.63, 3.8) is 0 Å². The van der Waals surface area contributed by atoms with Gasteiger partial charge in [0, 0.05) is 95.9 Å². The Morgan fingerprint density at radius 1 is 0.500 bits per heavy atom. The molecular weight excluding hydrogens is 716 g/mol. The van der Waals surface area contributed by atoms with E-state index in [2.05, 4.69) is 0 Å². The summed E-state index contributed by atoms with van der Waals surface area (Å²) in [7, 11) is 0. The topological polar surface area (TPSA) is 0 Å². The van der Waals surface area contributed by atoms with Crippen LogP contribution in [0.3, 0.4) is 0 Å². The third-order valence-electron chi connectivity index (χ3n) is 0. The molecule has 0 amide bonds. The molecule has 0 saturated carbocycles. The molecule has 0 aliphatic rings. The normalized spacial score (nSPS) is 0. The molecule has 0 fully saturated rings. The summed E-state index contributed by atoms with van der Waals surface area (Å²) in [5, 5.41) is 0. The Morgan fingerprint density at radius 3 is 0.500 bits per heavy atom. The van der Waals surface area contributed by atoms with Crippen molar-refractivity contribution in [1.29, 1.82) is 0 Å². The second-order valence-electron chi connectivity index (χ2n) is 0. The van der Waals surface area contributed by atoms with Crippen molar-refractivity contribution in [3.05, 3.63) is 0 Å². The molecule has 0 aliphatic heterocycles. The average molecular weight is 716 g/mol. The van der Waals surface area contributed by atoms with E-state index in [1.54, 1.807) is 0 Å². The Labute approximate surface area is 93.9 Å². The molecule has 0 aromatic rings. The molecule has 0 N–H and O–H groups in total. The zero-order chi connectivity index (χ0) is 0. The second kappa shape index (κ2) is 16.4. The van der Waals surface area contributed by atoms with E-state index in [1.807, 2.05) is 0 Å². The second-order valence-corrected chi connectivity index (χ2v) is 0. The van der Waals surface area contributed by atoms with Gasteiger partial charge in [-0.25, -0.2) is 0 Å². The fraction of sp³-hybridized carbons (Fsp3) is 0. The van der Waals surface area contributed by atoms with E-state index in [1.165, 1.54) is 0 Å². The van der Waals surface area contributed by atoms with Crippen LogP contribution in [0.15, 0.2) is 0 Å². The molecule has 0 aromatic heterocycles. The maximum absolute atomic E-state index is 0. The molecule has 4 heteroatoms. The summed E-state index contributed by atoms with van der Waals surface area (Å²) in [6.45, 7) is 0. The zero-order valence-electron chi connectivity index (χ0n) is 1.58. The van der Waals surface area contributed by atoms with Crippen molar-refractivity contribution >= 4 is 0 Å². The third-order valence-corrected chi connectivity index (χ3v) is 0. The van der Waals surface area contributed by atoms with Gasteiger partial charge in [0.25, 0.3) is 0 Å². The molecule has 0 rings (SSSR count). The van der Waals surface area contributed by atoms with Gasteiger partial charge in [0.05, 0.1) is 0 Å². The van der Waals surface area contributed by atoms with Gasteiger partial charge in [-0.2, -0.15) is 0 Å². The molecule has 0 aromatic carbocycles. The van der Waals surface area contributed by atoms with Crippen molar-refractivity contribution in [3.8, 4) is 0 Å².